The SMILES string of the molecule is CCC/C=C/CCCCCOC(=O)c1cccc(S(=O)(=O)[O-])c1C(=O)OCCCCC/C=C/CCC.CCC/C=C/CCCCCOC(=O)c1cccc(S(=O)(=O)[O-])c1C(=O)OCCCCC/C=C/CCC.[Ca+2]. The molecule has 0 aliphatic heterocycles. The molecular weight excluding hydrogens is 1000 g/mol. The number of unbranched alkanes of at least 4 members (excludes halogenated alkanes) is 16. The van der Waals surface area contributed by atoms with E-state index < -0.39 is 65.0 Å². The minimum Gasteiger partial charge on any atom is -0.744 e. The second kappa shape index (κ2) is 43.6. The largest absolute Gasteiger partial charge is 2.00 e. The summed E-state index contributed by atoms with van der Waals surface area (Å²) in [6, 6.07) is 7.04. The number of esters is 4. The van der Waals surface area contributed by atoms with Crippen molar-refractivity contribution in [2.45, 2.75) is 192 Å². The molecule has 0 bridgehead atoms. The molecule has 0 heterocycles. The van der Waals surface area contributed by atoms with Crippen molar-refractivity contribution in [2.75, 3.05) is 26.4 Å². The van der Waals surface area contributed by atoms with E-state index in [0.29, 0.717) is 25.7 Å². The van der Waals surface area contributed by atoms with E-state index in [-0.39, 0.29) is 75.3 Å². The van der Waals surface area contributed by atoms with Crippen LogP contribution in [0.1, 0.15) is 223 Å². The number of hydrogen-bond donors (Lipinski definition) is 0. The molecule has 0 N–H and O–H groups in total. The molecule has 0 aliphatic rings. The Morgan fingerprint density at radius 1 is 0.384 bits per heavy atom. The van der Waals surface area contributed by atoms with E-state index in [2.05, 4.69) is 76.3 Å². The average Bonchev–Trinajstić information content (AvgIpc) is 3.35. The van der Waals surface area contributed by atoms with Gasteiger partial charge in [-0.2, -0.15) is 0 Å². The summed E-state index contributed by atoms with van der Waals surface area (Å²) in [4.78, 5) is 49.2. The molecule has 0 radical (unpaired) electrons. The van der Waals surface area contributed by atoms with E-state index in [9.17, 15) is 45.1 Å². The number of carbonyl (C=O) groups excluding carboxylic acids is 4. The van der Waals surface area contributed by atoms with Gasteiger partial charge in [0.25, 0.3) is 0 Å². The Morgan fingerprint density at radius 3 is 0.877 bits per heavy atom. The van der Waals surface area contributed by atoms with Gasteiger partial charge < -0.3 is 28.1 Å². The Hall–Kier alpha value is -3.64. The zero-order valence-corrected chi connectivity index (χ0v) is 48.0. The van der Waals surface area contributed by atoms with Crippen molar-refractivity contribution < 1.29 is 64.1 Å². The first kappa shape index (κ1) is 69.4. The summed E-state index contributed by atoms with van der Waals surface area (Å²) < 4.78 is 91.5. The number of rotatable bonds is 38. The van der Waals surface area contributed by atoms with Gasteiger partial charge in [-0.05, 0) is 153 Å². The van der Waals surface area contributed by atoms with Crippen molar-refractivity contribution in [3.8, 4) is 0 Å². The van der Waals surface area contributed by atoms with Crippen LogP contribution >= 0.6 is 0 Å². The standard InChI is InChI=1S/2C28H42O7S.Ca/c2*1-3-5-7-9-11-13-15-17-22-34-27(29)24-20-19-21-25(36(31,32)33)26(24)28(30)35-23-18-16-14-12-10-8-6-4-2;/h2*7-10,19-21H,3-6,11-18,22-23H2,1-2H3,(H,31,32,33);/q;;+2/p-2/b2*9-7+,10-8+;. The number of ether oxygens (including phenoxy) is 4. The Kier molecular flexibility index (Phi) is 41.4. The normalized spacial score (nSPS) is 11.7. The fraction of sp³-hybridized carbons (Fsp3) is 0.571. The molecule has 0 aliphatic carbocycles. The monoisotopic (exact) mass is 1080 g/mol. The first-order valence-electron chi connectivity index (χ1n) is 26.1. The van der Waals surface area contributed by atoms with Crippen molar-refractivity contribution in [1.82, 2.24) is 0 Å². The summed E-state index contributed by atoms with van der Waals surface area (Å²) in [5.41, 5.74) is -1.66. The Bertz CT molecular complexity index is 2060. The van der Waals surface area contributed by atoms with Gasteiger partial charge in [0.2, 0.25) is 0 Å². The van der Waals surface area contributed by atoms with Crippen molar-refractivity contribution in [1.29, 1.82) is 0 Å². The molecule has 2 rings (SSSR count). The number of carbonyl (C=O) groups is 4. The van der Waals surface area contributed by atoms with Crippen LogP contribution in [0.25, 0.3) is 0 Å². The summed E-state index contributed by atoms with van der Waals surface area (Å²) >= 11 is 0. The van der Waals surface area contributed by atoms with Gasteiger partial charge in [0.1, 0.15) is 20.2 Å². The van der Waals surface area contributed by atoms with Crippen LogP contribution < -0.4 is 0 Å². The van der Waals surface area contributed by atoms with Crippen LogP contribution in [0.5, 0.6) is 0 Å². The molecule has 0 saturated carbocycles. The van der Waals surface area contributed by atoms with Gasteiger partial charge in [-0.25, -0.2) is 36.0 Å². The topological polar surface area (TPSA) is 220 Å². The Balaban J connectivity index is 0.00000140. The Morgan fingerprint density at radius 2 is 0.630 bits per heavy atom. The minimum atomic E-state index is -5.00. The van der Waals surface area contributed by atoms with Crippen molar-refractivity contribution in [3.63, 3.8) is 0 Å². The van der Waals surface area contributed by atoms with Crippen molar-refractivity contribution in [2.24, 2.45) is 0 Å². The van der Waals surface area contributed by atoms with E-state index in [1.165, 1.54) is 24.3 Å². The van der Waals surface area contributed by atoms with Crippen LogP contribution in [0.3, 0.4) is 0 Å². The molecule has 2 aromatic rings. The molecule has 0 spiro atoms. The van der Waals surface area contributed by atoms with Crippen LogP contribution in [-0.2, 0) is 39.2 Å². The van der Waals surface area contributed by atoms with Gasteiger partial charge in [0.05, 0.1) is 58.5 Å². The van der Waals surface area contributed by atoms with Crippen LogP contribution in [0.4, 0.5) is 0 Å². The second-order valence-electron chi connectivity index (χ2n) is 17.2. The maximum atomic E-state index is 12.7. The molecule has 0 saturated heterocycles. The van der Waals surface area contributed by atoms with Gasteiger partial charge in [-0.3, -0.25) is 0 Å². The molecule has 14 nitrogen and oxygen atoms in total. The maximum Gasteiger partial charge on any atom is 2.00 e. The average molecular weight is 1080 g/mol. The van der Waals surface area contributed by atoms with E-state index in [1.807, 2.05) is 0 Å². The van der Waals surface area contributed by atoms with Gasteiger partial charge >= 0.3 is 61.6 Å². The van der Waals surface area contributed by atoms with Crippen LogP contribution in [0.15, 0.2) is 94.8 Å². The zero-order valence-electron chi connectivity index (χ0n) is 44.1. The first-order valence-corrected chi connectivity index (χ1v) is 28.9. The fourth-order valence-corrected chi connectivity index (χ4v) is 8.35. The minimum absolute atomic E-state index is 0. The predicted octanol–water partition coefficient (Wildman–Crippen LogP) is 13.1. The van der Waals surface area contributed by atoms with E-state index >= 15 is 0 Å². The molecule has 17 heteroatoms. The molecular formula is C56H82CaO14S2. The van der Waals surface area contributed by atoms with Gasteiger partial charge in [-0.1, -0.05) is 114 Å². The fourth-order valence-electron chi connectivity index (χ4n) is 6.97. The second-order valence-corrected chi connectivity index (χ2v) is 19.9. The molecule has 0 aromatic heterocycles. The van der Waals surface area contributed by atoms with Crippen molar-refractivity contribution in [3.05, 3.63) is 107 Å². The number of allylic oxidation sites excluding steroid dienone is 8. The number of hydrogen-bond acceptors (Lipinski definition) is 14. The van der Waals surface area contributed by atoms with Gasteiger partial charge in [0.15, 0.2) is 0 Å². The summed E-state index contributed by atoms with van der Waals surface area (Å²) in [6.07, 6.45) is 39.3. The quantitative estimate of drug-likeness (QED) is 0.0152. The van der Waals surface area contributed by atoms with Gasteiger partial charge in [-0.15, -0.1) is 0 Å². The predicted molar refractivity (Wildman–Crippen MR) is 286 cm³/mol. The molecule has 73 heavy (non-hydrogen) atoms. The molecule has 0 atom stereocenters. The summed E-state index contributed by atoms with van der Waals surface area (Å²) in [7, 11) is -10.00. The third-order valence-electron chi connectivity index (χ3n) is 10.9. The third-order valence-corrected chi connectivity index (χ3v) is 12.7. The van der Waals surface area contributed by atoms with Crippen LogP contribution in [0, 0.1) is 0 Å². The van der Waals surface area contributed by atoms with Crippen LogP contribution in [0.2, 0.25) is 0 Å². The van der Waals surface area contributed by atoms with E-state index in [1.54, 1.807) is 0 Å². The molecule has 404 valence electrons. The molecule has 0 fully saturated rings. The summed E-state index contributed by atoms with van der Waals surface area (Å²) in [5, 5.41) is 0. The molecule has 0 amide bonds. The molecule has 0 unspecified atom stereocenters. The van der Waals surface area contributed by atoms with E-state index in [4.69, 9.17) is 18.9 Å². The smallest absolute Gasteiger partial charge is 0.744 e. The number of benzene rings is 2. The summed E-state index contributed by atoms with van der Waals surface area (Å²) in [5.74, 6) is -3.74. The third kappa shape index (κ3) is 32.4. The van der Waals surface area contributed by atoms with Crippen LogP contribution in [-0.4, -0.2) is 114 Å². The molecule has 2 aromatic carbocycles. The maximum absolute atomic E-state index is 12.7. The summed E-state index contributed by atoms with van der Waals surface area (Å²) in [6.45, 7) is 8.88. The van der Waals surface area contributed by atoms with Gasteiger partial charge in [0, 0.05) is 0 Å². The first-order chi connectivity index (χ1) is 34.6. The zero-order chi connectivity index (χ0) is 53.3. The van der Waals surface area contributed by atoms with Crippen molar-refractivity contribution >= 4 is 81.9 Å². The Labute approximate surface area is 467 Å². The van der Waals surface area contributed by atoms with E-state index in [0.717, 1.165) is 141 Å².